The van der Waals surface area contributed by atoms with Gasteiger partial charge in [0.25, 0.3) is 5.91 Å². The Morgan fingerprint density at radius 2 is 1.81 bits per heavy atom. The van der Waals surface area contributed by atoms with E-state index in [2.05, 4.69) is 20.8 Å². The molecule has 16 heteroatoms. The van der Waals surface area contributed by atoms with Crippen LogP contribution in [0.1, 0.15) is 41.6 Å². The zero-order chi connectivity index (χ0) is 34.2. The average Bonchev–Trinajstić information content (AvgIpc) is 3.48. The van der Waals surface area contributed by atoms with Crippen molar-refractivity contribution in [3.63, 3.8) is 0 Å². The number of ether oxygens (including phenoxy) is 1. The Morgan fingerprint density at radius 1 is 1.06 bits per heavy atom. The Morgan fingerprint density at radius 3 is 2.50 bits per heavy atom. The summed E-state index contributed by atoms with van der Waals surface area (Å²) in [4.78, 5) is 28.7. The Labute approximate surface area is 274 Å². The van der Waals surface area contributed by atoms with E-state index < -0.39 is 52.6 Å². The zero-order valence-electron chi connectivity index (χ0n) is 25.7. The summed E-state index contributed by atoms with van der Waals surface area (Å²) >= 11 is 0. The number of nitrogens with zero attached hydrogens (tertiary/aromatic N) is 5. The van der Waals surface area contributed by atoms with Gasteiger partial charge >= 0.3 is 11.9 Å². The highest BCUT2D eigenvalue weighted by Crippen LogP contribution is 2.48. The predicted molar refractivity (Wildman–Crippen MR) is 169 cm³/mol. The lowest BCUT2D eigenvalue weighted by atomic mass is 9.97. The van der Waals surface area contributed by atoms with Gasteiger partial charge in [-0.25, -0.2) is 14.3 Å². The minimum absolute atomic E-state index is 0.110. The number of hydrogen-bond donors (Lipinski definition) is 2. The number of aryl methyl sites for hydroxylation is 1. The molecule has 2 unspecified atom stereocenters. The molecule has 0 fully saturated rings. The third-order valence-electron chi connectivity index (χ3n) is 8.29. The number of nitrogens with one attached hydrogen (secondary N) is 2. The molecule has 2 N–H and O–H groups in total. The standard InChI is InChI=1S/C32H30F5N7O3S/c1-19-27(21-11-6-13-25(47-2)28(21)33)29(45)43(31-42(19)17-22-23(32(34,35)36)12-7-14-26(22)48(31)37)18-24(20-9-4-3-5-10-20)38-15-8-16-44-30(46)39-40-41-44/h3-7,9-14,24,38H,8,15-18H2,1-2H3,(H,39,41,46). The van der Waals surface area contributed by atoms with E-state index in [1.165, 1.54) is 48.1 Å². The topological polar surface area (TPSA) is 108 Å². The predicted octanol–water partition coefficient (Wildman–Crippen LogP) is 5.24. The van der Waals surface area contributed by atoms with Crippen molar-refractivity contribution < 1.29 is 31.0 Å². The number of aromatic nitrogens is 4. The van der Waals surface area contributed by atoms with Crippen molar-refractivity contribution in [3.05, 3.63) is 111 Å². The maximum Gasteiger partial charge on any atom is 0.416 e. The van der Waals surface area contributed by atoms with Gasteiger partial charge < -0.3 is 15.0 Å². The first-order valence-electron chi connectivity index (χ1n) is 14.9. The molecule has 3 aromatic carbocycles. The van der Waals surface area contributed by atoms with Crippen LogP contribution in [0, 0.1) is 5.82 Å². The molecule has 3 heterocycles. The normalized spacial score (nSPS) is 17.0. The highest BCUT2D eigenvalue weighted by atomic mass is 32.2. The van der Waals surface area contributed by atoms with Gasteiger partial charge in [0.05, 0.1) is 41.7 Å². The van der Waals surface area contributed by atoms with Crippen LogP contribution in [-0.4, -0.2) is 61.2 Å². The lowest BCUT2D eigenvalue weighted by Crippen LogP contribution is -2.54. The van der Waals surface area contributed by atoms with Gasteiger partial charge in [-0.05, 0) is 59.6 Å². The van der Waals surface area contributed by atoms with E-state index in [-0.39, 0.29) is 51.2 Å². The van der Waals surface area contributed by atoms with Crippen LogP contribution in [0.4, 0.5) is 21.4 Å². The van der Waals surface area contributed by atoms with Crippen molar-refractivity contribution in [2.75, 3.05) is 20.2 Å². The Bertz CT molecular complexity index is 1980. The number of H-pyrrole nitrogens is 1. The maximum absolute atomic E-state index is 16.8. The molecule has 6 rings (SSSR count). The minimum Gasteiger partial charge on any atom is -0.494 e. The Kier molecular flexibility index (Phi) is 9.20. The number of rotatable bonds is 10. The first-order chi connectivity index (χ1) is 23.0. The fourth-order valence-electron chi connectivity index (χ4n) is 5.96. The van der Waals surface area contributed by atoms with E-state index in [1.807, 2.05) is 18.2 Å². The van der Waals surface area contributed by atoms with Gasteiger partial charge in [0.1, 0.15) is 0 Å². The van der Waals surface area contributed by atoms with Gasteiger partial charge in [0.15, 0.2) is 16.7 Å². The van der Waals surface area contributed by atoms with E-state index >= 15 is 8.28 Å². The van der Waals surface area contributed by atoms with Crippen LogP contribution in [0.5, 0.6) is 5.75 Å². The highest BCUT2D eigenvalue weighted by Gasteiger charge is 2.44. The van der Waals surface area contributed by atoms with Crippen LogP contribution >= 0.6 is 10.9 Å². The summed E-state index contributed by atoms with van der Waals surface area (Å²) in [7, 11) is -1.20. The lowest BCUT2D eigenvalue weighted by molar-refractivity contribution is -0.138. The molecule has 0 aliphatic carbocycles. The van der Waals surface area contributed by atoms with E-state index in [1.54, 1.807) is 12.1 Å². The van der Waals surface area contributed by atoms with Crippen LogP contribution in [0.2, 0.25) is 0 Å². The Balaban J connectivity index is 1.46. The highest BCUT2D eigenvalue weighted by molar-refractivity contribution is 8.11. The number of allylic oxidation sites excluding steroid dienone is 1. The molecule has 0 spiro atoms. The SMILES string of the molecule is COc1cccc(C2=C(C)N3Cc4c(cccc4C(F)(F)F)S(F)=C3N(CC(NCCCn3nn[nH]c3=O)c3ccccc3)C2=O)c1F. The molecule has 2 aliphatic heterocycles. The number of amides is 1. The number of aromatic amines is 1. The van der Waals surface area contributed by atoms with Crippen LogP contribution in [0.15, 0.2) is 82.1 Å². The van der Waals surface area contributed by atoms with Gasteiger partial charge in [-0.2, -0.15) is 21.7 Å². The van der Waals surface area contributed by atoms with Crippen LogP contribution in [-0.2, 0) is 24.1 Å². The van der Waals surface area contributed by atoms with Gasteiger partial charge in [-0.15, -0.1) is 0 Å². The van der Waals surface area contributed by atoms with Crippen molar-refractivity contribution in [1.29, 1.82) is 0 Å². The van der Waals surface area contributed by atoms with Crippen molar-refractivity contribution >= 4 is 27.5 Å². The van der Waals surface area contributed by atoms with E-state index in [4.69, 9.17) is 4.74 Å². The molecule has 252 valence electrons. The molecule has 2 atom stereocenters. The van der Waals surface area contributed by atoms with Crippen molar-refractivity contribution in [3.8, 4) is 5.75 Å². The summed E-state index contributed by atoms with van der Waals surface area (Å²) in [6.45, 7) is 1.51. The summed E-state index contributed by atoms with van der Waals surface area (Å²) in [5.41, 5.74) is -1.10. The summed E-state index contributed by atoms with van der Waals surface area (Å²) in [6.07, 6.45) is -4.32. The van der Waals surface area contributed by atoms with Gasteiger partial charge in [-0.3, -0.25) is 9.69 Å². The number of fused-ring (bicyclic) bond motifs is 2. The van der Waals surface area contributed by atoms with Crippen LogP contribution in [0.25, 0.3) is 5.57 Å². The quantitative estimate of drug-likeness (QED) is 0.133. The fourth-order valence-corrected chi connectivity index (χ4v) is 7.49. The first kappa shape index (κ1) is 33.1. The van der Waals surface area contributed by atoms with E-state index in [0.29, 0.717) is 13.0 Å². The molecule has 4 aromatic rings. The maximum atomic E-state index is 16.8. The molecule has 1 amide bonds. The Hall–Kier alpha value is -4.83. The van der Waals surface area contributed by atoms with Crippen LogP contribution < -0.4 is 15.7 Å². The largest absolute Gasteiger partial charge is 0.494 e. The number of benzene rings is 3. The fraction of sp³-hybridized carbons (Fsp3) is 0.281. The third kappa shape index (κ3) is 6.12. The molecule has 0 saturated carbocycles. The number of carbonyl (C=O) groups excluding carboxylic acids is 1. The van der Waals surface area contributed by atoms with Gasteiger partial charge in [-0.1, -0.05) is 48.5 Å². The molecule has 0 bridgehead atoms. The summed E-state index contributed by atoms with van der Waals surface area (Å²) < 4.78 is 81.2. The molecule has 2 aliphatic rings. The second-order valence-corrected chi connectivity index (χ2v) is 12.4. The minimum atomic E-state index is -4.75. The van der Waals surface area contributed by atoms with Crippen molar-refractivity contribution in [1.82, 2.24) is 35.3 Å². The number of alkyl halides is 3. The van der Waals surface area contributed by atoms with Crippen molar-refractivity contribution in [2.24, 2.45) is 0 Å². The summed E-state index contributed by atoms with van der Waals surface area (Å²) in [5.74, 6) is -1.68. The van der Waals surface area contributed by atoms with Crippen LogP contribution in [0.3, 0.4) is 0 Å². The zero-order valence-corrected chi connectivity index (χ0v) is 26.5. The number of hydrogen-bond acceptors (Lipinski definition) is 7. The number of halogens is 5. The van der Waals surface area contributed by atoms with E-state index in [0.717, 1.165) is 22.4 Å². The molecule has 0 radical (unpaired) electrons. The van der Waals surface area contributed by atoms with Gasteiger partial charge in [0.2, 0.25) is 0 Å². The molecule has 1 aromatic heterocycles. The summed E-state index contributed by atoms with van der Waals surface area (Å²) in [5, 5.41) is 12.6. The molecular formula is C32H30F5N7O3S. The summed E-state index contributed by atoms with van der Waals surface area (Å²) in [6, 6.07) is 16.1. The second-order valence-electron chi connectivity index (χ2n) is 11.1. The molecule has 10 nitrogen and oxygen atoms in total. The number of methoxy groups -OCH3 is 1. The number of tetrazole rings is 1. The monoisotopic (exact) mass is 687 g/mol. The lowest BCUT2D eigenvalue weighted by Gasteiger charge is -2.44. The number of carbonyl (C=O) groups is 1. The van der Waals surface area contributed by atoms with Crippen molar-refractivity contribution in [2.45, 2.75) is 43.5 Å². The first-order valence-corrected chi connectivity index (χ1v) is 16.0. The smallest absolute Gasteiger partial charge is 0.416 e. The second kappa shape index (κ2) is 13.4. The molecule has 48 heavy (non-hydrogen) atoms. The van der Waals surface area contributed by atoms with E-state index in [9.17, 15) is 22.8 Å². The van der Waals surface area contributed by atoms with Gasteiger partial charge in [0, 0.05) is 29.2 Å². The molecule has 0 saturated heterocycles. The third-order valence-corrected chi connectivity index (χ3v) is 9.82. The average molecular weight is 688 g/mol. The molecular weight excluding hydrogens is 657 g/mol.